The van der Waals surface area contributed by atoms with Gasteiger partial charge in [-0.2, -0.15) is 0 Å². The van der Waals surface area contributed by atoms with Gasteiger partial charge < -0.3 is 5.73 Å². The lowest BCUT2D eigenvalue weighted by Gasteiger charge is -2.08. The summed E-state index contributed by atoms with van der Waals surface area (Å²) in [5, 5.41) is 0. The Morgan fingerprint density at radius 2 is 1.75 bits per heavy atom. The third-order valence-electron chi connectivity index (χ3n) is 3.01. The van der Waals surface area contributed by atoms with Gasteiger partial charge in [0, 0.05) is 11.6 Å². The predicted octanol–water partition coefficient (Wildman–Crippen LogP) is 3.61. The molecule has 5 heteroatoms. The van der Waals surface area contributed by atoms with E-state index in [1.54, 1.807) is 24.3 Å². The van der Waals surface area contributed by atoms with Gasteiger partial charge in [0.05, 0.1) is 4.47 Å². The summed E-state index contributed by atoms with van der Waals surface area (Å²) in [5.74, 6) is -1.77. The van der Waals surface area contributed by atoms with E-state index in [2.05, 4.69) is 15.9 Å². The topological polar surface area (TPSA) is 43.1 Å². The summed E-state index contributed by atoms with van der Waals surface area (Å²) in [6.45, 7) is 0. The fourth-order valence-electron chi connectivity index (χ4n) is 2.04. The Balaban J connectivity index is 2.24. The first-order valence-electron chi connectivity index (χ1n) is 6.00. The van der Waals surface area contributed by atoms with Crippen molar-refractivity contribution < 1.29 is 13.6 Å². The lowest BCUT2D eigenvalue weighted by molar-refractivity contribution is 0.0999. The summed E-state index contributed by atoms with van der Waals surface area (Å²) in [4.78, 5) is 11.3. The number of carbonyl (C=O) groups excluding carboxylic acids is 1. The van der Waals surface area contributed by atoms with Crippen LogP contribution < -0.4 is 5.73 Å². The summed E-state index contributed by atoms with van der Waals surface area (Å²) in [7, 11) is 0. The molecule has 0 saturated carbocycles. The van der Waals surface area contributed by atoms with Crippen molar-refractivity contribution in [2.45, 2.75) is 12.8 Å². The molecule has 20 heavy (non-hydrogen) atoms. The molecule has 0 heterocycles. The quantitative estimate of drug-likeness (QED) is 0.849. The summed E-state index contributed by atoms with van der Waals surface area (Å²) in [5.41, 5.74) is 7.00. The van der Waals surface area contributed by atoms with Crippen molar-refractivity contribution in [3.63, 3.8) is 0 Å². The van der Waals surface area contributed by atoms with E-state index in [0.29, 0.717) is 24.0 Å². The summed E-state index contributed by atoms with van der Waals surface area (Å²) >= 11 is 3.10. The highest BCUT2D eigenvalue weighted by Gasteiger charge is 2.11. The maximum Gasteiger partial charge on any atom is 0.248 e. The molecular formula is C15H12BrF2NO. The normalized spacial score (nSPS) is 10.6. The minimum absolute atomic E-state index is 0.246. The van der Waals surface area contributed by atoms with E-state index in [1.165, 1.54) is 6.07 Å². The Morgan fingerprint density at radius 3 is 2.45 bits per heavy atom. The molecule has 0 aromatic heterocycles. The summed E-state index contributed by atoms with van der Waals surface area (Å²) in [6.07, 6.45) is 0.875. The molecule has 0 saturated heterocycles. The van der Waals surface area contributed by atoms with Gasteiger partial charge in [0.2, 0.25) is 5.91 Å². The van der Waals surface area contributed by atoms with Crippen LogP contribution in [0.25, 0.3) is 0 Å². The smallest absolute Gasteiger partial charge is 0.248 e. The highest BCUT2D eigenvalue weighted by atomic mass is 79.9. The van der Waals surface area contributed by atoms with E-state index in [4.69, 9.17) is 5.73 Å². The Morgan fingerprint density at radius 1 is 1.10 bits per heavy atom. The minimum Gasteiger partial charge on any atom is -0.366 e. The van der Waals surface area contributed by atoms with Crippen LogP contribution in [0.3, 0.4) is 0 Å². The van der Waals surface area contributed by atoms with Gasteiger partial charge >= 0.3 is 0 Å². The van der Waals surface area contributed by atoms with Crippen molar-refractivity contribution in [3.8, 4) is 0 Å². The van der Waals surface area contributed by atoms with Gasteiger partial charge in [0.15, 0.2) is 0 Å². The van der Waals surface area contributed by atoms with E-state index >= 15 is 0 Å². The molecule has 2 aromatic carbocycles. The number of carbonyl (C=O) groups is 1. The van der Waals surface area contributed by atoms with Crippen molar-refractivity contribution in [2.75, 3.05) is 0 Å². The van der Waals surface area contributed by atoms with E-state index < -0.39 is 17.5 Å². The van der Waals surface area contributed by atoms with Gasteiger partial charge in [-0.05, 0) is 52.0 Å². The average molecular weight is 340 g/mol. The Kier molecular flexibility index (Phi) is 4.49. The van der Waals surface area contributed by atoms with Crippen molar-refractivity contribution in [1.29, 1.82) is 0 Å². The van der Waals surface area contributed by atoms with Crippen molar-refractivity contribution >= 4 is 21.8 Å². The van der Waals surface area contributed by atoms with Crippen LogP contribution in [0.4, 0.5) is 8.78 Å². The molecule has 104 valence electrons. The Bertz CT molecular complexity index is 658. The number of rotatable bonds is 4. The van der Waals surface area contributed by atoms with Gasteiger partial charge in [-0.3, -0.25) is 4.79 Å². The number of hydrogen-bond donors (Lipinski definition) is 1. The zero-order valence-electron chi connectivity index (χ0n) is 10.5. The number of primary amides is 1. The molecule has 0 atom stereocenters. The summed E-state index contributed by atoms with van der Waals surface area (Å²) in [6, 6.07) is 9.04. The number of amides is 1. The van der Waals surface area contributed by atoms with Crippen molar-refractivity contribution in [2.24, 2.45) is 5.73 Å². The highest BCUT2D eigenvalue weighted by molar-refractivity contribution is 9.10. The zero-order chi connectivity index (χ0) is 14.7. The van der Waals surface area contributed by atoms with E-state index in [1.807, 2.05) is 0 Å². The molecular weight excluding hydrogens is 328 g/mol. The monoisotopic (exact) mass is 339 g/mol. The second-order valence-corrected chi connectivity index (χ2v) is 5.18. The maximum atomic E-state index is 13.4. The molecule has 0 aliphatic carbocycles. The Labute approximate surface area is 123 Å². The first-order valence-corrected chi connectivity index (χ1v) is 6.79. The lowest BCUT2D eigenvalue weighted by Crippen LogP contribution is -2.14. The summed E-state index contributed by atoms with van der Waals surface area (Å²) < 4.78 is 26.9. The highest BCUT2D eigenvalue weighted by Crippen LogP contribution is 2.24. The predicted molar refractivity (Wildman–Crippen MR) is 76.4 cm³/mol. The second-order valence-electron chi connectivity index (χ2n) is 4.38. The van der Waals surface area contributed by atoms with Crippen molar-refractivity contribution in [1.82, 2.24) is 0 Å². The third kappa shape index (κ3) is 3.22. The molecule has 2 aromatic rings. The largest absolute Gasteiger partial charge is 0.366 e. The number of benzene rings is 2. The molecule has 0 spiro atoms. The van der Waals surface area contributed by atoms with Crippen LogP contribution in [0.1, 0.15) is 21.5 Å². The fourth-order valence-corrected chi connectivity index (χ4v) is 2.47. The van der Waals surface area contributed by atoms with Gasteiger partial charge in [0.25, 0.3) is 0 Å². The van der Waals surface area contributed by atoms with Gasteiger partial charge in [-0.15, -0.1) is 0 Å². The van der Waals surface area contributed by atoms with Crippen LogP contribution in [-0.2, 0) is 12.8 Å². The standard InChI is InChI=1S/C15H12BrF2NO/c16-14-10(7-11(17)8-13(14)18)6-5-9-3-1-2-4-12(9)15(19)20/h1-4,7-8H,5-6H2,(H2,19,20). The fraction of sp³-hybridized carbons (Fsp3) is 0.133. The van der Waals surface area contributed by atoms with Crippen LogP contribution >= 0.6 is 15.9 Å². The molecule has 2 rings (SSSR count). The molecule has 2 N–H and O–H groups in total. The number of aryl methyl sites for hydroxylation is 2. The van der Waals surface area contributed by atoms with Crippen LogP contribution in [0.2, 0.25) is 0 Å². The van der Waals surface area contributed by atoms with E-state index in [0.717, 1.165) is 11.6 Å². The lowest BCUT2D eigenvalue weighted by atomic mass is 9.99. The molecule has 2 nitrogen and oxygen atoms in total. The maximum absolute atomic E-state index is 13.4. The van der Waals surface area contributed by atoms with E-state index in [9.17, 15) is 13.6 Å². The SMILES string of the molecule is NC(=O)c1ccccc1CCc1cc(F)cc(F)c1Br. The molecule has 0 bridgehead atoms. The second kappa shape index (κ2) is 6.13. The molecule has 0 radical (unpaired) electrons. The van der Waals surface area contributed by atoms with Crippen LogP contribution in [0, 0.1) is 11.6 Å². The third-order valence-corrected chi connectivity index (χ3v) is 3.90. The van der Waals surface area contributed by atoms with Gasteiger partial charge in [-0.25, -0.2) is 8.78 Å². The molecule has 0 fully saturated rings. The van der Waals surface area contributed by atoms with Gasteiger partial charge in [0.1, 0.15) is 11.6 Å². The average Bonchev–Trinajstić information content (AvgIpc) is 2.41. The minimum atomic E-state index is -0.636. The molecule has 0 aliphatic rings. The van der Waals surface area contributed by atoms with Crippen LogP contribution in [0.5, 0.6) is 0 Å². The number of nitrogens with two attached hydrogens (primary N) is 1. The number of hydrogen-bond acceptors (Lipinski definition) is 1. The van der Waals surface area contributed by atoms with Crippen molar-refractivity contribution in [3.05, 3.63) is 69.2 Å². The zero-order valence-corrected chi connectivity index (χ0v) is 12.1. The Hall–Kier alpha value is -1.75. The molecule has 0 aliphatic heterocycles. The van der Waals surface area contributed by atoms with Crippen LogP contribution in [-0.4, -0.2) is 5.91 Å². The van der Waals surface area contributed by atoms with E-state index in [-0.39, 0.29) is 4.47 Å². The molecule has 0 unspecified atom stereocenters. The first kappa shape index (κ1) is 14.7. The van der Waals surface area contributed by atoms with Crippen LogP contribution in [0.15, 0.2) is 40.9 Å². The first-order chi connectivity index (χ1) is 9.49. The molecule has 1 amide bonds. The number of halogens is 3. The van der Waals surface area contributed by atoms with Gasteiger partial charge in [-0.1, -0.05) is 18.2 Å².